The standard InChI is InChI=1S/C10H14N3S/c1-5-8-10-9(11-12-13(8)4)6(2)7(3)14-10/h5H2,1-4H3/q+1. The summed E-state index contributed by atoms with van der Waals surface area (Å²) < 4.78 is 3.16. The summed E-state index contributed by atoms with van der Waals surface area (Å²) in [5.74, 6) is 0. The Morgan fingerprint density at radius 3 is 2.71 bits per heavy atom. The van der Waals surface area contributed by atoms with Gasteiger partial charge in [-0.1, -0.05) is 6.92 Å². The van der Waals surface area contributed by atoms with Gasteiger partial charge >= 0.3 is 0 Å². The van der Waals surface area contributed by atoms with Crippen LogP contribution in [0.1, 0.15) is 23.1 Å². The number of rotatable bonds is 1. The molecule has 0 N–H and O–H groups in total. The number of hydrogen-bond acceptors (Lipinski definition) is 3. The number of hydrogen-bond donors (Lipinski definition) is 0. The van der Waals surface area contributed by atoms with E-state index in [4.69, 9.17) is 0 Å². The molecule has 4 heteroatoms. The molecule has 0 saturated carbocycles. The van der Waals surface area contributed by atoms with E-state index in [1.165, 1.54) is 20.8 Å². The van der Waals surface area contributed by atoms with Crippen molar-refractivity contribution in [2.75, 3.05) is 0 Å². The van der Waals surface area contributed by atoms with E-state index in [2.05, 4.69) is 31.1 Å². The third kappa shape index (κ3) is 1.21. The monoisotopic (exact) mass is 208 g/mol. The zero-order valence-electron chi connectivity index (χ0n) is 8.96. The van der Waals surface area contributed by atoms with Gasteiger partial charge in [0.2, 0.25) is 5.52 Å². The smallest absolute Gasteiger partial charge is 0.136 e. The van der Waals surface area contributed by atoms with Crippen LogP contribution in [-0.4, -0.2) is 10.3 Å². The van der Waals surface area contributed by atoms with Crippen molar-refractivity contribution in [1.29, 1.82) is 0 Å². The Bertz CT molecular complexity index is 488. The third-order valence-electron chi connectivity index (χ3n) is 2.62. The van der Waals surface area contributed by atoms with Crippen molar-refractivity contribution >= 4 is 21.6 Å². The van der Waals surface area contributed by atoms with Crippen molar-refractivity contribution in [1.82, 2.24) is 10.3 Å². The second-order valence-corrected chi connectivity index (χ2v) is 4.70. The van der Waals surface area contributed by atoms with Gasteiger partial charge in [0.15, 0.2) is 0 Å². The van der Waals surface area contributed by atoms with E-state index in [0.717, 1.165) is 11.9 Å². The summed E-state index contributed by atoms with van der Waals surface area (Å²) in [4.78, 5) is 1.34. The lowest BCUT2D eigenvalue weighted by Crippen LogP contribution is -2.38. The van der Waals surface area contributed by atoms with Gasteiger partial charge in [-0.25, -0.2) is 0 Å². The molecule has 2 rings (SSSR count). The lowest BCUT2D eigenvalue weighted by molar-refractivity contribution is -0.741. The van der Waals surface area contributed by atoms with Crippen LogP contribution in [0.2, 0.25) is 0 Å². The van der Waals surface area contributed by atoms with Crippen LogP contribution in [0.25, 0.3) is 10.2 Å². The molecule has 0 atom stereocenters. The van der Waals surface area contributed by atoms with Crippen molar-refractivity contribution in [2.24, 2.45) is 7.05 Å². The highest BCUT2D eigenvalue weighted by Gasteiger charge is 2.18. The van der Waals surface area contributed by atoms with Crippen LogP contribution in [0.3, 0.4) is 0 Å². The molecule has 0 aliphatic rings. The lowest BCUT2D eigenvalue weighted by atomic mass is 10.2. The second-order valence-electron chi connectivity index (χ2n) is 3.47. The molecule has 0 spiro atoms. The maximum Gasteiger partial charge on any atom is 0.228 e. The fraction of sp³-hybridized carbons (Fsp3) is 0.500. The normalized spacial score (nSPS) is 11.1. The van der Waals surface area contributed by atoms with E-state index in [-0.39, 0.29) is 0 Å². The van der Waals surface area contributed by atoms with Gasteiger partial charge in [0.1, 0.15) is 22.7 Å². The van der Waals surface area contributed by atoms with Gasteiger partial charge in [-0.15, -0.1) is 16.0 Å². The fourth-order valence-corrected chi connectivity index (χ4v) is 2.87. The molecule has 3 nitrogen and oxygen atoms in total. The Balaban J connectivity index is 2.88. The quantitative estimate of drug-likeness (QED) is 0.668. The van der Waals surface area contributed by atoms with Crippen LogP contribution in [0.15, 0.2) is 0 Å². The molecule has 14 heavy (non-hydrogen) atoms. The van der Waals surface area contributed by atoms with Crippen molar-refractivity contribution in [2.45, 2.75) is 27.2 Å². The van der Waals surface area contributed by atoms with E-state index in [9.17, 15) is 0 Å². The largest absolute Gasteiger partial charge is 0.228 e. The Morgan fingerprint density at radius 2 is 2.07 bits per heavy atom. The Labute approximate surface area is 87.4 Å². The molecule has 0 unspecified atom stereocenters. The van der Waals surface area contributed by atoms with Crippen LogP contribution < -0.4 is 4.68 Å². The van der Waals surface area contributed by atoms with E-state index >= 15 is 0 Å². The van der Waals surface area contributed by atoms with Gasteiger partial charge < -0.3 is 0 Å². The first-order valence-electron chi connectivity index (χ1n) is 4.76. The molecule has 0 amide bonds. The first kappa shape index (κ1) is 9.52. The molecular formula is C10H14N3S+. The van der Waals surface area contributed by atoms with Crippen molar-refractivity contribution in [3.05, 3.63) is 16.1 Å². The molecule has 2 aromatic rings. The van der Waals surface area contributed by atoms with E-state index in [1.807, 2.05) is 23.1 Å². The number of thiophene rings is 1. The molecule has 0 aliphatic heterocycles. The summed E-state index contributed by atoms with van der Waals surface area (Å²) in [5, 5.41) is 8.36. The van der Waals surface area contributed by atoms with Crippen molar-refractivity contribution in [3.8, 4) is 0 Å². The van der Waals surface area contributed by atoms with Crippen LogP contribution in [0.5, 0.6) is 0 Å². The van der Waals surface area contributed by atoms with Crippen LogP contribution >= 0.6 is 11.3 Å². The topological polar surface area (TPSA) is 29.7 Å². The number of aromatic nitrogens is 3. The van der Waals surface area contributed by atoms with Gasteiger partial charge in [-0.05, 0) is 13.8 Å². The summed E-state index contributed by atoms with van der Waals surface area (Å²) in [6, 6.07) is 0. The van der Waals surface area contributed by atoms with Gasteiger partial charge in [0.05, 0.1) is 5.10 Å². The number of nitrogens with zero attached hydrogens (tertiary/aromatic N) is 3. The number of aryl methyl sites for hydroxylation is 4. The van der Waals surface area contributed by atoms with Crippen molar-refractivity contribution < 1.29 is 4.68 Å². The minimum Gasteiger partial charge on any atom is -0.136 e. The van der Waals surface area contributed by atoms with Crippen LogP contribution in [0.4, 0.5) is 0 Å². The molecule has 0 aliphatic carbocycles. The maximum atomic E-state index is 4.23. The SMILES string of the molecule is CCc1c2sc(C)c(C)c2nn[n+]1C. The maximum absolute atomic E-state index is 4.23. The zero-order valence-corrected chi connectivity index (χ0v) is 9.77. The zero-order chi connectivity index (χ0) is 10.3. The highest BCUT2D eigenvalue weighted by Crippen LogP contribution is 2.29. The van der Waals surface area contributed by atoms with Gasteiger partial charge in [-0.2, -0.15) is 0 Å². The van der Waals surface area contributed by atoms with Crippen LogP contribution in [0, 0.1) is 13.8 Å². The summed E-state index contributed by atoms with van der Waals surface area (Å²) in [6.07, 6.45) is 1.00. The van der Waals surface area contributed by atoms with Gasteiger partial charge in [0.25, 0.3) is 0 Å². The summed E-state index contributed by atoms with van der Waals surface area (Å²) in [5.41, 5.74) is 3.62. The van der Waals surface area contributed by atoms with Gasteiger partial charge in [0, 0.05) is 16.9 Å². The Kier molecular flexibility index (Phi) is 2.23. The number of fused-ring (bicyclic) bond motifs is 1. The Hall–Kier alpha value is -1.03. The molecular weight excluding hydrogens is 194 g/mol. The van der Waals surface area contributed by atoms with Crippen LogP contribution in [-0.2, 0) is 13.5 Å². The molecule has 0 fully saturated rings. The van der Waals surface area contributed by atoms with Gasteiger partial charge in [-0.3, -0.25) is 0 Å². The summed E-state index contributed by atoms with van der Waals surface area (Å²) >= 11 is 1.82. The van der Waals surface area contributed by atoms with E-state index < -0.39 is 0 Å². The fourth-order valence-electron chi connectivity index (χ4n) is 1.63. The average molecular weight is 208 g/mol. The molecule has 74 valence electrons. The first-order valence-corrected chi connectivity index (χ1v) is 5.58. The average Bonchev–Trinajstić information content (AvgIpc) is 2.43. The minimum atomic E-state index is 1.00. The first-order chi connectivity index (χ1) is 6.65. The van der Waals surface area contributed by atoms with E-state index in [1.54, 1.807) is 0 Å². The molecule has 2 heterocycles. The summed E-state index contributed by atoms with van der Waals surface area (Å²) in [7, 11) is 1.95. The highest BCUT2D eigenvalue weighted by molar-refractivity contribution is 7.19. The Morgan fingerprint density at radius 1 is 1.36 bits per heavy atom. The second kappa shape index (κ2) is 3.28. The molecule has 0 radical (unpaired) electrons. The van der Waals surface area contributed by atoms with E-state index in [0.29, 0.717) is 0 Å². The predicted octanol–water partition coefficient (Wildman–Crippen LogP) is 1.70. The van der Waals surface area contributed by atoms with Crippen molar-refractivity contribution in [3.63, 3.8) is 0 Å². The highest BCUT2D eigenvalue weighted by atomic mass is 32.1. The predicted molar refractivity (Wildman–Crippen MR) is 57.4 cm³/mol. The third-order valence-corrected chi connectivity index (χ3v) is 3.87. The molecule has 0 bridgehead atoms. The molecule has 2 aromatic heterocycles. The summed E-state index contributed by atoms with van der Waals surface area (Å²) in [6.45, 7) is 6.41. The lowest BCUT2D eigenvalue weighted by Gasteiger charge is -1.95. The molecule has 0 aromatic carbocycles. The minimum absolute atomic E-state index is 1.00. The molecule has 0 saturated heterocycles.